The van der Waals surface area contributed by atoms with Gasteiger partial charge in [0.25, 0.3) is 0 Å². The molecule has 0 aliphatic heterocycles. The first-order valence-corrected chi connectivity index (χ1v) is 9.81. The number of ether oxygens (including phenoxy) is 6. The molecule has 4 N–H and O–H groups in total. The predicted molar refractivity (Wildman–Crippen MR) is 107 cm³/mol. The van der Waals surface area contributed by atoms with Crippen molar-refractivity contribution in [3.05, 3.63) is 34.4 Å². The Morgan fingerprint density at radius 3 is 1.41 bits per heavy atom. The van der Waals surface area contributed by atoms with Gasteiger partial charge in [-0.1, -0.05) is 0 Å². The van der Waals surface area contributed by atoms with Crippen molar-refractivity contribution in [2.45, 2.75) is 26.1 Å². The topological polar surface area (TPSA) is 170 Å². The van der Waals surface area contributed by atoms with E-state index in [0.29, 0.717) is 39.3 Å². The van der Waals surface area contributed by atoms with Gasteiger partial charge in [0.15, 0.2) is 0 Å². The van der Waals surface area contributed by atoms with Gasteiger partial charge in [0.2, 0.25) is 0 Å². The summed E-state index contributed by atoms with van der Waals surface area (Å²) in [5, 5.41) is 35.9. The maximum absolute atomic E-state index is 11.6. The minimum absolute atomic E-state index is 0.0987. The van der Waals surface area contributed by atoms with Crippen LogP contribution in [0, 0.1) is 0 Å². The van der Waals surface area contributed by atoms with E-state index in [0.717, 1.165) is 6.07 Å². The Bertz CT molecular complexity index is 626. The normalized spacial score (nSPS) is 11.1. The summed E-state index contributed by atoms with van der Waals surface area (Å²) in [6.45, 7) is 0.184. The lowest BCUT2D eigenvalue weighted by molar-refractivity contribution is -0.0718. The molecule has 0 heterocycles. The highest BCUT2D eigenvalue weighted by Crippen LogP contribution is 2.20. The van der Waals surface area contributed by atoms with Crippen LogP contribution in [0.15, 0.2) is 12.1 Å². The molecule has 0 aromatic heterocycles. The number of aliphatic hydroxyl groups is 2. The minimum Gasteiger partial charge on any atom is -0.478 e. The van der Waals surface area contributed by atoms with Crippen molar-refractivity contribution in [2.75, 3.05) is 53.6 Å². The van der Waals surface area contributed by atoms with Gasteiger partial charge < -0.3 is 48.8 Å². The Morgan fingerprint density at radius 2 is 1.03 bits per heavy atom. The Hall–Kier alpha value is -2.16. The smallest absolute Gasteiger partial charge is 0.336 e. The van der Waals surface area contributed by atoms with Crippen LogP contribution in [-0.4, -0.2) is 86.0 Å². The maximum atomic E-state index is 11.6. The first-order chi connectivity index (χ1) is 15.5. The van der Waals surface area contributed by atoms with Crippen LogP contribution >= 0.6 is 0 Å². The van der Waals surface area contributed by atoms with Gasteiger partial charge in [0.05, 0.1) is 50.8 Å². The van der Waals surface area contributed by atoms with Crippen molar-refractivity contribution in [3.63, 3.8) is 0 Å². The number of benzene rings is 1. The molecule has 0 amide bonds. The highest BCUT2D eigenvalue weighted by Gasteiger charge is 2.19. The quantitative estimate of drug-likeness (QED) is 0.159. The fraction of sp³-hybridized carbons (Fsp3) is 0.600. The van der Waals surface area contributed by atoms with Crippen LogP contribution in [0.2, 0.25) is 0 Å². The molecule has 1 rings (SSSR count). The fourth-order valence-corrected chi connectivity index (χ4v) is 2.53. The summed E-state index contributed by atoms with van der Waals surface area (Å²) in [5.74, 6) is -2.57. The van der Waals surface area contributed by atoms with Crippen LogP contribution in [0.4, 0.5) is 0 Å². The van der Waals surface area contributed by atoms with Crippen LogP contribution in [-0.2, 0) is 41.6 Å². The van der Waals surface area contributed by atoms with E-state index in [1.165, 1.54) is 6.07 Å². The van der Waals surface area contributed by atoms with E-state index in [4.69, 9.17) is 38.6 Å². The summed E-state index contributed by atoms with van der Waals surface area (Å²) in [6.07, 6.45) is 1.10. The number of carboxylic acid groups (broad SMARTS) is 2. The molecule has 0 spiro atoms. The van der Waals surface area contributed by atoms with Crippen LogP contribution in [0.3, 0.4) is 0 Å². The predicted octanol–water partition coefficient (Wildman–Crippen LogP) is 0.777. The summed E-state index contributed by atoms with van der Waals surface area (Å²) in [4.78, 5) is 23.1. The van der Waals surface area contributed by atoms with Crippen molar-refractivity contribution in [3.8, 4) is 0 Å². The number of rotatable bonds is 20. The Labute approximate surface area is 185 Å². The van der Waals surface area contributed by atoms with Gasteiger partial charge in [0.1, 0.15) is 27.2 Å². The molecule has 0 saturated carbocycles. The zero-order chi connectivity index (χ0) is 23.6. The Morgan fingerprint density at radius 1 is 0.625 bits per heavy atom. The van der Waals surface area contributed by atoms with Gasteiger partial charge in [-0.25, -0.2) is 9.59 Å². The molecular weight excluding hydrogens is 432 g/mol. The molecule has 0 aliphatic rings. The van der Waals surface area contributed by atoms with Gasteiger partial charge in [-0.2, -0.15) is 0 Å². The van der Waals surface area contributed by atoms with Crippen molar-refractivity contribution in [1.29, 1.82) is 0 Å². The van der Waals surface area contributed by atoms with Crippen molar-refractivity contribution in [1.82, 2.24) is 0 Å². The number of carboxylic acids is 2. The van der Waals surface area contributed by atoms with Crippen LogP contribution in [0.5, 0.6) is 0 Å². The fourth-order valence-electron chi connectivity index (χ4n) is 2.53. The van der Waals surface area contributed by atoms with E-state index < -0.39 is 11.9 Å². The van der Waals surface area contributed by atoms with E-state index in [1.54, 1.807) is 0 Å². The highest BCUT2D eigenvalue weighted by molar-refractivity contribution is 5.96. The van der Waals surface area contributed by atoms with Gasteiger partial charge in [-0.15, -0.1) is 0 Å². The maximum Gasteiger partial charge on any atom is 0.336 e. The average Bonchev–Trinajstić information content (AvgIpc) is 2.77. The lowest BCUT2D eigenvalue weighted by atomic mass is 9.99. The summed E-state index contributed by atoms with van der Waals surface area (Å²) in [5.41, 5.74) is 0.163. The molecule has 0 unspecified atom stereocenters. The standard InChI is InChI=1S/C20H30O12/c21-11-27-3-1-5-29-13-31-9-15-7-16(10-32-14-30-6-2-4-28-12-22)18(20(25)26)8-17(15)19(23)24/h7-8,21-22H,1-6,9-14H2,(H,23,24)(H,25,26). The summed E-state index contributed by atoms with van der Waals surface area (Å²) in [7, 11) is 0. The molecule has 0 saturated heterocycles. The number of aromatic carboxylic acids is 2. The lowest BCUT2D eigenvalue weighted by Crippen LogP contribution is -2.13. The number of aliphatic hydroxyl groups excluding tert-OH is 2. The molecule has 12 heteroatoms. The van der Waals surface area contributed by atoms with Crippen LogP contribution in [0.25, 0.3) is 0 Å². The van der Waals surface area contributed by atoms with E-state index >= 15 is 0 Å². The largest absolute Gasteiger partial charge is 0.478 e. The number of hydrogen-bond acceptors (Lipinski definition) is 10. The SMILES string of the molecule is O=C(O)c1cc(C(=O)O)c(COCOCCCOCO)cc1COCOCCCOCO. The first kappa shape index (κ1) is 27.9. The average molecular weight is 462 g/mol. The van der Waals surface area contributed by atoms with Crippen molar-refractivity contribution in [2.24, 2.45) is 0 Å². The lowest BCUT2D eigenvalue weighted by Gasteiger charge is -2.14. The second kappa shape index (κ2) is 17.4. The Balaban J connectivity index is 2.62. The highest BCUT2D eigenvalue weighted by atomic mass is 16.7. The molecule has 0 bridgehead atoms. The van der Waals surface area contributed by atoms with E-state index in [9.17, 15) is 19.8 Å². The molecule has 0 aliphatic carbocycles. The molecule has 0 radical (unpaired) electrons. The molecule has 1 aromatic carbocycles. The van der Waals surface area contributed by atoms with Gasteiger partial charge in [-0.05, 0) is 36.1 Å². The third-order valence-corrected chi connectivity index (χ3v) is 3.98. The third kappa shape index (κ3) is 11.5. The zero-order valence-electron chi connectivity index (χ0n) is 17.7. The summed E-state index contributed by atoms with van der Waals surface area (Å²) < 4.78 is 30.7. The van der Waals surface area contributed by atoms with E-state index in [-0.39, 0.29) is 62.6 Å². The molecule has 12 nitrogen and oxygen atoms in total. The molecule has 0 atom stereocenters. The van der Waals surface area contributed by atoms with Crippen molar-refractivity contribution >= 4 is 11.9 Å². The second-order valence-corrected chi connectivity index (χ2v) is 6.31. The Kier molecular flexibility index (Phi) is 15.2. The minimum atomic E-state index is -1.28. The van der Waals surface area contributed by atoms with E-state index in [1.807, 2.05) is 0 Å². The summed E-state index contributed by atoms with van der Waals surface area (Å²) in [6, 6.07) is 2.49. The van der Waals surface area contributed by atoms with Crippen molar-refractivity contribution < 1.29 is 58.4 Å². The first-order valence-electron chi connectivity index (χ1n) is 9.81. The summed E-state index contributed by atoms with van der Waals surface area (Å²) >= 11 is 0. The second-order valence-electron chi connectivity index (χ2n) is 6.31. The van der Waals surface area contributed by atoms with Gasteiger partial charge >= 0.3 is 11.9 Å². The van der Waals surface area contributed by atoms with Gasteiger partial charge in [0, 0.05) is 0 Å². The van der Waals surface area contributed by atoms with Crippen LogP contribution < -0.4 is 0 Å². The molecule has 182 valence electrons. The molecule has 0 fully saturated rings. The number of carbonyl (C=O) groups is 2. The van der Waals surface area contributed by atoms with Crippen LogP contribution in [0.1, 0.15) is 44.7 Å². The number of hydrogen-bond donors (Lipinski definition) is 4. The molecular formula is C20H30O12. The monoisotopic (exact) mass is 462 g/mol. The van der Waals surface area contributed by atoms with Gasteiger partial charge in [-0.3, -0.25) is 0 Å². The molecule has 1 aromatic rings. The molecule has 32 heavy (non-hydrogen) atoms. The zero-order valence-corrected chi connectivity index (χ0v) is 17.7. The third-order valence-electron chi connectivity index (χ3n) is 3.98. The van der Waals surface area contributed by atoms with E-state index in [2.05, 4.69) is 0 Å².